The number of fused-ring (bicyclic) bond motifs is 7. The Bertz CT molecular complexity index is 1380. The Morgan fingerprint density at radius 3 is 2.73 bits per heavy atom. The van der Waals surface area contributed by atoms with E-state index in [1.165, 1.54) is 35.1 Å². The van der Waals surface area contributed by atoms with Gasteiger partial charge >= 0.3 is 257 Å². The number of methoxy groups -OCH3 is 1. The van der Waals surface area contributed by atoms with Gasteiger partial charge in [-0.15, -0.1) is 0 Å². The number of alkyl halides is 2. The van der Waals surface area contributed by atoms with Crippen LogP contribution in [0.4, 0.5) is 4.79 Å². The van der Waals surface area contributed by atoms with E-state index in [1.54, 1.807) is 0 Å². The van der Waals surface area contributed by atoms with E-state index in [2.05, 4.69) is 47.0 Å². The standard InChI is InChI=1S/C32H39Cl2IN2O3/c1-17(2)31-29-27-19(13-23-18(3)8-11-25(34)28(23)24-15-20(33)9-10-22(24)27)14-26(38)30(29)35(4)37(31)16-21-7-6-12-36(21)32(39)40-5/h8-11,15,17,19,21,26-27,30,38H,6-7,12-14,16H2,1-5H3/t19?,21-,26+,27?,30?/m0/s1. The van der Waals surface area contributed by atoms with E-state index < -0.39 is 20.1 Å². The molecule has 3 unspecified atom stereocenters. The zero-order chi connectivity index (χ0) is 28.5. The Morgan fingerprint density at radius 2 is 2.00 bits per heavy atom. The first kappa shape index (κ1) is 28.6. The monoisotopic (exact) mass is 696 g/mol. The molecule has 2 aromatic carbocycles. The average Bonchev–Trinajstić information content (AvgIpc) is 3.45. The van der Waals surface area contributed by atoms with Gasteiger partial charge in [-0.1, -0.05) is 0 Å². The van der Waals surface area contributed by atoms with Crippen LogP contribution in [0, 0.1) is 18.8 Å². The number of aliphatic hydroxyl groups excluding tert-OH is 1. The van der Waals surface area contributed by atoms with Crippen molar-refractivity contribution in [1.82, 2.24) is 8.01 Å². The zero-order valence-corrected chi connectivity index (χ0v) is 27.6. The molecule has 5 atom stereocenters. The number of likely N-dealkylation sites (tertiary alicyclic amines) is 1. The molecule has 1 amide bonds. The van der Waals surface area contributed by atoms with Gasteiger partial charge in [0.05, 0.1) is 0 Å². The van der Waals surface area contributed by atoms with Crippen molar-refractivity contribution in [3.63, 3.8) is 0 Å². The topological polar surface area (TPSA) is 53.0 Å². The minimum atomic E-state index is -1.85. The van der Waals surface area contributed by atoms with Gasteiger partial charge in [-0.3, -0.25) is 0 Å². The van der Waals surface area contributed by atoms with Gasteiger partial charge in [-0.05, 0) is 0 Å². The van der Waals surface area contributed by atoms with Gasteiger partial charge in [0.25, 0.3) is 0 Å². The summed E-state index contributed by atoms with van der Waals surface area (Å²) in [6, 6.07) is 10.6. The van der Waals surface area contributed by atoms with Gasteiger partial charge in [0.15, 0.2) is 0 Å². The number of aliphatic hydroxyl groups is 1. The summed E-state index contributed by atoms with van der Waals surface area (Å²) < 4.78 is 8.00. The molecule has 0 spiro atoms. The first-order valence-electron chi connectivity index (χ1n) is 14.3. The molecule has 2 aliphatic heterocycles. The van der Waals surface area contributed by atoms with Gasteiger partial charge in [0.2, 0.25) is 0 Å². The number of nitrogens with zero attached hydrogens (tertiary/aromatic N) is 2. The molecule has 8 heteroatoms. The van der Waals surface area contributed by atoms with E-state index in [9.17, 15) is 9.90 Å². The number of carbonyl (C=O) groups is 1. The summed E-state index contributed by atoms with van der Waals surface area (Å²) in [5, 5.41) is 13.3. The number of amides is 1. The molecule has 216 valence electrons. The number of carbonyl (C=O) groups excluding carboxylic acids is 1. The van der Waals surface area contributed by atoms with E-state index in [4.69, 9.17) is 27.9 Å². The summed E-state index contributed by atoms with van der Waals surface area (Å²) in [6.45, 7) is 8.33. The van der Waals surface area contributed by atoms with Crippen LogP contribution in [-0.4, -0.2) is 60.4 Å². The Hall–Kier alpha value is -1.48. The molecule has 0 radical (unpaired) electrons. The SMILES string of the molecule is COC(=O)N1CCC[C@H]1CN1C(C(C)C)=C2C3c4ccc(Cl)cc4-c4c(Cl)ccc(C)c4CC3C[C@@H](O)C2I1C. The molecule has 5 nitrogen and oxygen atoms in total. The second-order valence-corrected chi connectivity index (χ2v) is 18.2. The fourth-order valence-corrected chi connectivity index (χ4v) is 14.9. The maximum absolute atomic E-state index is 12.6. The molecular formula is C32H39Cl2IN2O3. The third kappa shape index (κ3) is 4.56. The van der Waals surface area contributed by atoms with Crippen LogP contribution < -0.4 is 0 Å². The second-order valence-electron chi connectivity index (χ2n) is 12.1. The molecule has 1 saturated heterocycles. The fraction of sp³-hybridized carbons (Fsp3) is 0.531. The van der Waals surface area contributed by atoms with E-state index >= 15 is 0 Å². The van der Waals surface area contributed by atoms with E-state index in [0.29, 0.717) is 10.9 Å². The predicted molar refractivity (Wildman–Crippen MR) is 172 cm³/mol. The summed E-state index contributed by atoms with van der Waals surface area (Å²) in [5.41, 5.74) is 8.89. The van der Waals surface area contributed by atoms with E-state index in [0.717, 1.165) is 54.9 Å². The summed E-state index contributed by atoms with van der Waals surface area (Å²) in [4.78, 5) is 16.9. The summed E-state index contributed by atoms with van der Waals surface area (Å²) in [6.07, 6.45) is 3.07. The third-order valence-electron chi connectivity index (χ3n) is 9.49. The van der Waals surface area contributed by atoms with E-state index in [1.807, 2.05) is 17.0 Å². The third-order valence-corrected chi connectivity index (χ3v) is 16.2. The predicted octanol–water partition coefficient (Wildman–Crippen LogP) is 7.87. The molecule has 2 aromatic rings. The fourth-order valence-electron chi connectivity index (χ4n) is 7.86. The van der Waals surface area contributed by atoms with Crippen molar-refractivity contribution < 1.29 is 14.6 Å². The van der Waals surface area contributed by atoms with Crippen LogP contribution in [0.3, 0.4) is 0 Å². The van der Waals surface area contributed by atoms with Crippen molar-refractivity contribution in [3.8, 4) is 11.1 Å². The van der Waals surface area contributed by atoms with Crippen molar-refractivity contribution in [1.29, 1.82) is 0 Å². The van der Waals surface area contributed by atoms with Crippen molar-refractivity contribution in [2.75, 3.05) is 25.1 Å². The molecule has 2 heterocycles. The molecule has 0 bridgehead atoms. The van der Waals surface area contributed by atoms with Crippen LogP contribution in [0.25, 0.3) is 11.1 Å². The second kappa shape index (κ2) is 11.0. The van der Waals surface area contributed by atoms with Gasteiger partial charge in [0, 0.05) is 0 Å². The first-order valence-corrected chi connectivity index (χ1v) is 19.4. The number of rotatable bonds is 3. The number of benzene rings is 2. The summed E-state index contributed by atoms with van der Waals surface area (Å²) in [5.74, 6) is 0.784. The molecule has 6 rings (SSSR count). The normalized spacial score (nSPS) is 28.3. The van der Waals surface area contributed by atoms with Crippen LogP contribution in [0.1, 0.15) is 55.7 Å². The number of hydrogen-bond acceptors (Lipinski definition) is 4. The molecule has 1 saturated carbocycles. The first-order chi connectivity index (χ1) is 19.1. The number of halogens is 3. The molecule has 2 fully saturated rings. The molecule has 4 aliphatic rings. The quantitative estimate of drug-likeness (QED) is 0.202. The number of ether oxygens (including phenoxy) is 1. The minimum absolute atomic E-state index is 0.139. The molecule has 1 N–H and O–H groups in total. The Kier molecular flexibility index (Phi) is 7.86. The average molecular weight is 697 g/mol. The van der Waals surface area contributed by atoms with Crippen LogP contribution in [0.5, 0.6) is 0 Å². The van der Waals surface area contributed by atoms with Gasteiger partial charge in [0.1, 0.15) is 0 Å². The van der Waals surface area contributed by atoms with Crippen molar-refractivity contribution in [2.45, 2.75) is 68.4 Å². The van der Waals surface area contributed by atoms with Gasteiger partial charge in [-0.25, -0.2) is 0 Å². The van der Waals surface area contributed by atoms with Crippen LogP contribution in [0.2, 0.25) is 10.0 Å². The Morgan fingerprint density at radius 1 is 1.23 bits per heavy atom. The summed E-state index contributed by atoms with van der Waals surface area (Å²) >= 11 is 11.7. The Labute approximate surface area is 255 Å². The molecule has 40 heavy (non-hydrogen) atoms. The Balaban J connectivity index is 1.52. The van der Waals surface area contributed by atoms with Crippen LogP contribution in [-0.2, 0) is 11.2 Å². The number of allylic oxidation sites excluding steroid dienone is 1. The van der Waals surface area contributed by atoms with Crippen LogP contribution >= 0.6 is 43.3 Å². The number of hydrogen-bond donors (Lipinski definition) is 1. The summed E-state index contributed by atoms with van der Waals surface area (Å²) in [7, 11) is 1.47. The van der Waals surface area contributed by atoms with Crippen molar-refractivity contribution in [2.24, 2.45) is 11.8 Å². The van der Waals surface area contributed by atoms with Crippen molar-refractivity contribution in [3.05, 3.63) is 68.3 Å². The number of aryl methyl sites for hydroxylation is 1. The molecule has 2 aliphatic carbocycles. The zero-order valence-electron chi connectivity index (χ0n) is 23.9. The molecule has 0 aromatic heterocycles. The van der Waals surface area contributed by atoms with Crippen molar-refractivity contribution >= 4 is 49.4 Å². The van der Waals surface area contributed by atoms with Gasteiger partial charge in [-0.2, -0.15) is 0 Å². The van der Waals surface area contributed by atoms with E-state index in [-0.39, 0.29) is 34.0 Å². The maximum atomic E-state index is 12.6. The van der Waals surface area contributed by atoms with Gasteiger partial charge < -0.3 is 0 Å². The van der Waals surface area contributed by atoms with Crippen LogP contribution in [0.15, 0.2) is 41.6 Å². The molecular weight excluding hydrogens is 658 g/mol.